The minimum Gasteiger partial charge on any atom is -0.341 e. The van der Waals surface area contributed by atoms with Crippen LogP contribution in [0.15, 0.2) is 42.5 Å². The van der Waals surface area contributed by atoms with Gasteiger partial charge in [-0.2, -0.15) is 0 Å². The Morgan fingerprint density at radius 2 is 1.90 bits per heavy atom. The zero-order valence-corrected chi connectivity index (χ0v) is 12.2. The SMILES string of the molecule is CC(CCN)C(=O)N(C)Cc1ccc2ccccc2c1. The summed E-state index contributed by atoms with van der Waals surface area (Å²) in [6.45, 7) is 3.13. The van der Waals surface area contributed by atoms with Crippen LogP contribution in [0.1, 0.15) is 18.9 Å². The highest BCUT2D eigenvalue weighted by Gasteiger charge is 2.16. The average molecular weight is 270 g/mol. The molecule has 2 rings (SSSR count). The molecule has 0 aromatic heterocycles. The van der Waals surface area contributed by atoms with Gasteiger partial charge >= 0.3 is 0 Å². The van der Waals surface area contributed by atoms with Crippen molar-refractivity contribution >= 4 is 16.7 Å². The smallest absolute Gasteiger partial charge is 0.225 e. The number of fused-ring (bicyclic) bond motifs is 1. The van der Waals surface area contributed by atoms with E-state index in [4.69, 9.17) is 5.73 Å². The molecule has 1 amide bonds. The van der Waals surface area contributed by atoms with Crippen LogP contribution in [0.25, 0.3) is 10.8 Å². The van der Waals surface area contributed by atoms with Crippen LogP contribution in [0.4, 0.5) is 0 Å². The Hall–Kier alpha value is -1.87. The third kappa shape index (κ3) is 3.36. The van der Waals surface area contributed by atoms with Gasteiger partial charge in [-0.1, -0.05) is 43.3 Å². The molecule has 3 nitrogen and oxygen atoms in total. The molecule has 20 heavy (non-hydrogen) atoms. The van der Waals surface area contributed by atoms with E-state index in [0.29, 0.717) is 13.1 Å². The average Bonchev–Trinajstić information content (AvgIpc) is 2.46. The van der Waals surface area contributed by atoms with Crippen LogP contribution in [0.2, 0.25) is 0 Å². The third-order valence-corrected chi connectivity index (χ3v) is 3.63. The maximum absolute atomic E-state index is 12.2. The van der Waals surface area contributed by atoms with Gasteiger partial charge in [0, 0.05) is 19.5 Å². The Kier molecular flexibility index (Phi) is 4.74. The normalized spacial score (nSPS) is 12.3. The standard InChI is InChI=1S/C17H22N2O/c1-13(9-10-18)17(20)19(2)12-14-7-8-15-5-3-4-6-16(15)11-14/h3-8,11,13H,9-10,12,18H2,1-2H3. The Morgan fingerprint density at radius 1 is 1.20 bits per heavy atom. The van der Waals surface area contributed by atoms with E-state index in [1.807, 2.05) is 26.1 Å². The van der Waals surface area contributed by atoms with Crippen molar-refractivity contribution in [3.05, 3.63) is 48.0 Å². The van der Waals surface area contributed by atoms with Crippen molar-refractivity contribution in [2.24, 2.45) is 11.7 Å². The lowest BCUT2D eigenvalue weighted by atomic mass is 10.0. The van der Waals surface area contributed by atoms with E-state index in [1.165, 1.54) is 10.8 Å². The molecule has 3 heteroatoms. The van der Waals surface area contributed by atoms with Crippen molar-refractivity contribution in [1.82, 2.24) is 4.90 Å². The summed E-state index contributed by atoms with van der Waals surface area (Å²) < 4.78 is 0. The fourth-order valence-corrected chi connectivity index (χ4v) is 2.44. The number of hydrogen-bond acceptors (Lipinski definition) is 2. The quantitative estimate of drug-likeness (QED) is 0.908. The zero-order valence-electron chi connectivity index (χ0n) is 12.2. The van der Waals surface area contributed by atoms with Crippen LogP contribution in [-0.4, -0.2) is 24.4 Å². The molecule has 2 aromatic carbocycles. The monoisotopic (exact) mass is 270 g/mol. The van der Waals surface area contributed by atoms with Crippen molar-refractivity contribution in [2.45, 2.75) is 19.9 Å². The van der Waals surface area contributed by atoms with E-state index in [-0.39, 0.29) is 11.8 Å². The molecule has 1 atom stereocenters. The first kappa shape index (κ1) is 14.5. The number of carbonyl (C=O) groups excluding carboxylic acids is 1. The van der Waals surface area contributed by atoms with Gasteiger partial charge in [-0.25, -0.2) is 0 Å². The van der Waals surface area contributed by atoms with Gasteiger partial charge in [0.05, 0.1) is 0 Å². The van der Waals surface area contributed by atoms with Gasteiger partial charge in [0.1, 0.15) is 0 Å². The molecule has 0 radical (unpaired) electrons. The summed E-state index contributed by atoms with van der Waals surface area (Å²) in [4.78, 5) is 14.0. The van der Waals surface area contributed by atoms with Crippen molar-refractivity contribution in [3.8, 4) is 0 Å². The Morgan fingerprint density at radius 3 is 2.60 bits per heavy atom. The summed E-state index contributed by atoms with van der Waals surface area (Å²) in [6.07, 6.45) is 0.737. The molecule has 2 aromatic rings. The van der Waals surface area contributed by atoms with Crippen LogP contribution in [0.5, 0.6) is 0 Å². The molecular weight excluding hydrogens is 248 g/mol. The Bertz CT molecular complexity index is 594. The Balaban J connectivity index is 2.09. The molecule has 106 valence electrons. The highest BCUT2D eigenvalue weighted by atomic mass is 16.2. The van der Waals surface area contributed by atoms with E-state index < -0.39 is 0 Å². The molecule has 0 saturated heterocycles. The first-order valence-corrected chi connectivity index (χ1v) is 7.04. The molecule has 0 spiro atoms. The lowest BCUT2D eigenvalue weighted by Crippen LogP contribution is -2.32. The topological polar surface area (TPSA) is 46.3 Å². The van der Waals surface area contributed by atoms with E-state index in [0.717, 1.165) is 12.0 Å². The zero-order chi connectivity index (χ0) is 14.5. The summed E-state index contributed by atoms with van der Waals surface area (Å²) in [7, 11) is 1.85. The van der Waals surface area contributed by atoms with Crippen molar-refractivity contribution in [2.75, 3.05) is 13.6 Å². The van der Waals surface area contributed by atoms with Gasteiger partial charge in [-0.05, 0) is 35.4 Å². The minimum atomic E-state index is -0.00884. The van der Waals surface area contributed by atoms with Gasteiger partial charge in [-0.15, -0.1) is 0 Å². The van der Waals surface area contributed by atoms with Crippen molar-refractivity contribution in [3.63, 3.8) is 0 Å². The van der Waals surface area contributed by atoms with E-state index in [2.05, 4.69) is 30.3 Å². The predicted molar refractivity (Wildman–Crippen MR) is 83.3 cm³/mol. The summed E-state index contributed by atoms with van der Waals surface area (Å²) in [5, 5.41) is 2.43. The van der Waals surface area contributed by atoms with E-state index >= 15 is 0 Å². The highest BCUT2D eigenvalue weighted by molar-refractivity contribution is 5.83. The first-order valence-electron chi connectivity index (χ1n) is 7.04. The molecule has 0 saturated carbocycles. The number of amides is 1. The van der Waals surface area contributed by atoms with Gasteiger partial charge in [0.2, 0.25) is 5.91 Å². The molecule has 0 heterocycles. The fraction of sp³-hybridized carbons (Fsp3) is 0.353. The van der Waals surface area contributed by atoms with Crippen LogP contribution < -0.4 is 5.73 Å². The van der Waals surface area contributed by atoms with Gasteiger partial charge in [0.25, 0.3) is 0 Å². The van der Waals surface area contributed by atoms with Crippen LogP contribution in [0, 0.1) is 5.92 Å². The lowest BCUT2D eigenvalue weighted by Gasteiger charge is -2.21. The number of benzene rings is 2. The van der Waals surface area contributed by atoms with Gasteiger partial charge < -0.3 is 10.6 Å². The number of nitrogens with zero attached hydrogens (tertiary/aromatic N) is 1. The van der Waals surface area contributed by atoms with E-state index in [9.17, 15) is 4.79 Å². The second kappa shape index (κ2) is 6.53. The maximum atomic E-state index is 12.2. The van der Waals surface area contributed by atoms with Crippen LogP contribution in [-0.2, 0) is 11.3 Å². The highest BCUT2D eigenvalue weighted by Crippen LogP contribution is 2.17. The molecular formula is C17H22N2O. The largest absolute Gasteiger partial charge is 0.341 e. The molecule has 0 aliphatic carbocycles. The second-order valence-electron chi connectivity index (χ2n) is 5.35. The summed E-state index contributed by atoms with van der Waals surface area (Å²) in [5.74, 6) is 0.147. The first-order chi connectivity index (χ1) is 9.61. The maximum Gasteiger partial charge on any atom is 0.225 e. The molecule has 2 N–H and O–H groups in total. The molecule has 0 aliphatic heterocycles. The Labute approximate surface area is 120 Å². The third-order valence-electron chi connectivity index (χ3n) is 3.63. The van der Waals surface area contributed by atoms with Crippen LogP contribution >= 0.6 is 0 Å². The molecule has 1 unspecified atom stereocenters. The number of hydrogen-bond donors (Lipinski definition) is 1. The van der Waals surface area contributed by atoms with Crippen molar-refractivity contribution in [1.29, 1.82) is 0 Å². The minimum absolute atomic E-state index is 0.00884. The van der Waals surface area contributed by atoms with Crippen LogP contribution in [0.3, 0.4) is 0 Å². The molecule has 0 bridgehead atoms. The predicted octanol–water partition coefficient (Wildman–Crippen LogP) is 2.78. The van der Waals surface area contributed by atoms with Gasteiger partial charge in [0.15, 0.2) is 0 Å². The fourth-order valence-electron chi connectivity index (χ4n) is 2.44. The van der Waals surface area contributed by atoms with E-state index in [1.54, 1.807) is 4.90 Å². The number of carbonyl (C=O) groups is 1. The van der Waals surface area contributed by atoms with Gasteiger partial charge in [-0.3, -0.25) is 4.79 Å². The second-order valence-corrected chi connectivity index (χ2v) is 5.35. The summed E-state index contributed by atoms with van der Waals surface area (Å²) >= 11 is 0. The molecule has 0 fully saturated rings. The number of nitrogens with two attached hydrogens (primary N) is 1. The van der Waals surface area contributed by atoms with Crippen molar-refractivity contribution < 1.29 is 4.79 Å². The summed E-state index contributed by atoms with van der Waals surface area (Å²) in [6, 6.07) is 14.6. The number of rotatable bonds is 5. The molecule has 0 aliphatic rings. The summed E-state index contributed by atoms with van der Waals surface area (Å²) in [5.41, 5.74) is 6.66. The lowest BCUT2D eigenvalue weighted by molar-refractivity contribution is -0.134.